The fraction of sp³-hybridized carbons (Fsp3) is 0.438. The molecule has 1 aromatic heterocycles. The van der Waals surface area contributed by atoms with Gasteiger partial charge in [-0.15, -0.1) is 10.2 Å². The zero-order valence-corrected chi connectivity index (χ0v) is 15.1. The van der Waals surface area contributed by atoms with Gasteiger partial charge in [-0.25, -0.2) is 0 Å². The van der Waals surface area contributed by atoms with Crippen LogP contribution in [0.1, 0.15) is 36.0 Å². The number of nitro benzene ring substituents is 1. The molecule has 9 nitrogen and oxygen atoms in total. The molecule has 1 heterocycles. The van der Waals surface area contributed by atoms with Crippen LogP contribution in [0.5, 0.6) is 0 Å². The maximum atomic E-state index is 12.5. The first-order chi connectivity index (χ1) is 12.4. The molecule has 1 amide bonds. The van der Waals surface area contributed by atoms with Gasteiger partial charge in [-0.2, -0.15) is 0 Å². The Bertz CT molecular complexity index is 816. The quantitative estimate of drug-likeness (QED) is 0.602. The average molecular weight is 376 g/mol. The van der Waals surface area contributed by atoms with Gasteiger partial charge in [-0.3, -0.25) is 14.9 Å². The number of nitrogens with zero attached hydrogens (tertiary/aromatic N) is 4. The van der Waals surface area contributed by atoms with Crippen molar-refractivity contribution in [1.82, 2.24) is 20.1 Å². The normalized spacial score (nSPS) is 19.9. The fourth-order valence-electron chi connectivity index (χ4n) is 2.88. The Hall–Kier alpha value is -2.46. The van der Waals surface area contributed by atoms with E-state index in [1.165, 1.54) is 12.4 Å². The van der Waals surface area contributed by atoms with Gasteiger partial charge in [-0.1, -0.05) is 0 Å². The van der Waals surface area contributed by atoms with E-state index >= 15 is 0 Å². The minimum absolute atomic E-state index is 0.0639. The summed E-state index contributed by atoms with van der Waals surface area (Å²) in [5, 5.41) is 22.6. The lowest BCUT2D eigenvalue weighted by Crippen LogP contribution is -2.40. The van der Waals surface area contributed by atoms with Crippen LogP contribution in [0.2, 0.25) is 0 Å². The van der Waals surface area contributed by atoms with Crippen LogP contribution in [0.3, 0.4) is 0 Å². The van der Waals surface area contributed by atoms with Crippen molar-refractivity contribution in [2.75, 3.05) is 0 Å². The van der Waals surface area contributed by atoms with Crippen LogP contribution >= 0.6 is 11.8 Å². The number of amides is 1. The van der Waals surface area contributed by atoms with Crippen LogP contribution in [0.25, 0.3) is 0 Å². The molecule has 3 rings (SSSR count). The Kier molecular flexibility index (Phi) is 5.52. The molecule has 0 unspecified atom stereocenters. The van der Waals surface area contributed by atoms with Crippen molar-refractivity contribution in [2.24, 2.45) is 12.8 Å². The highest BCUT2D eigenvalue weighted by molar-refractivity contribution is 7.99. The lowest BCUT2D eigenvalue weighted by molar-refractivity contribution is -0.387. The molecule has 2 aromatic rings. The largest absolute Gasteiger partial charge is 0.349 e. The second kappa shape index (κ2) is 7.83. The molecule has 1 saturated carbocycles. The van der Waals surface area contributed by atoms with Crippen LogP contribution in [0, 0.1) is 10.1 Å². The van der Waals surface area contributed by atoms with E-state index in [1.807, 2.05) is 0 Å². The summed E-state index contributed by atoms with van der Waals surface area (Å²) in [5.74, 6) is -0.302. The SMILES string of the molecule is Cn1cnnc1Sc1ccc(C(=O)NC2CCC(N)CC2)cc1[N+](=O)[O-]. The zero-order chi connectivity index (χ0) is 18.7. The first kappa shape index (κ1) is 18.3. The average Bonchev–Trinajstić information content (AvgIpc) is 3.02. The third-order valence-electron chi connectivity index (χ3n) is 4.40. The van der Waals surface area contributed by atoms with Crippen molar-refractivity contribution in [3.05, 3.63) is 40.2 Å². The summed E-state index contributed by atoms with van der Waals surface area (Å²) in [6, 6.07) is 4.73. The molecule has 1 aliphatic carbocycles. The summed E-state index contributed by atoms with van der Waals surface area (Å²) < 4.78 is 1.67. The number of nitro groups is 1. The number of nitrogens with one attached hydrogen (secondary N) is 1. The predicted octanol–water partition coefficient (Wildman–Crippen LogP) is 1.87. The lowest BCUT2D eigenvalue weighted by atomic mass is 9.91. The Balaban J connectivity index is 1.76. The van der Waals surface area contributed by atoms with Gasteiger partial charge in [0.2, 0.25) is 0 Å². The highest BCUT2D eigenvalue weighted by Crippen LogP contribution is 2.34. The van der Waals surface area contributed by atoms with E-state index in [1.54, 1.807) is 23.7 Å². The van der Waals surface area contributed by atoms with E-state index in [0.29, 0.717) is 10.1 Å². The van der Waals surface area contributed by atoms with Crippen molar-refractivity contribution >= 4 is 23.4 Å². The van der Waals surface area contributed by atoms with Crippen molar-refractivity contribution in [1.29, 1.82) is 0 Å². The molecule has 3 N–H and O–H groups in total. The fourth-order valence-corrected chi connectivity index (χ4v) is 3.73. The molecule has 1 aromatic carbocycles. The number of hydrogen-bond donors (Lipinski definition) is 2. The number of aryl methyl sites for hydroxylation is 1. The Morgan fingerprint density at radius 1 is 1.38 bits per heavy atom. The predicted molar refractivity (Wildman–Crippen MR) is 95.9 cm³/mol. The molecule has 26 heavy (non-hydrogen) atoms. The summed E-state index contributed by atoms with van der Waals surface area (Å²) in [4.78, 5) is 23.8. The standard InChI is InChI=1S/C16H20N6O3S/c1-21-9-18-20-16(21)26-14-7-2-10(8-13(14)22(24)25)15(23)19-12-5-3-11(17)4-6-12/h2,7-9,11-12H,3-6,17H2,1H3,(H,19,23). The zero-order valence-electron chi connectivity index (χ0n) is 14.3. The number of carbonyl (C=O) groups is 1. The topological polar surface area (TPSA) is 129 Å². The van der Waals surface area contributed by atoms with Gasteiger partial charge in [-0.05, 0) is 49.6 Å². The third kappa shape index (κ3) is 4.20. The number of hydrogen-bond acceptors (Lipinski definition) is 7. The first-order valence-electron chi connectivity index (χ1n) is 8.30. The first-order valence-corrected chi connectivity index (χ1v) is 9.12. The molecule has 0 atom stereocenters. The van der Waals surface area contributed by atoms with Crippen molar-refractivity contribution in [3.8, 4) is 0 Å². The molecule has 138 valence electrons. The van der Waals surface area contributed by atoms with Crippen molar-refractivity contribution in [2.45, 2.75) is 47.8 Å². The van der Waals surface area contributed by atoms with Gasteiger partial charge in [0, 0.05) is 30.8 Å². The van der Waals surface area contributed by atoms with Crippen LogP contribution in [-0.2, 0) is 7.05 Å². The number of benzene rings is 1. The van der Waals surface area contributed by atoms with Gasteiger partial charge < -0.3 is 15.6 Å². The molecule has 1 fully saturated rings. The maximum Gasteiger partial charge on any atom is 0.284 e. The molecular formula is C16H20N6O3S. The van der Waals surface area contributed by atoms with Gasteiger partial charge in [0.25, 0.3) is 11.6 Å². The maximum absolute atomic E-state index is 12.5. The molecule has 10 heteroatoms. The molecular weight excluding hydrogens is 356 g/mol. The number of nitrogens with two attached hydrogens (primary N) is 1. The molecule has 0 radical (unpaired) electrons. The number of carbonyl (C=O) groups excluding carboxylic acids is 1. The Morgan fingerprint density at radius 3 is 2.73 bits per heavy atom. The van der Waals surface area contributed by atoms with E-state index in [4.69, 9.17) is 5.73 Å². The minimum Gasteiger partial charge on any atom is -0.349 e. The molecule has 1 aliphatic rings. The van der Waals surface area contributed by atoms with E-state index in [-0.39, 0.29) is 29.2 Å². The van der Waals surface area contributed by atoms with Gasteiger partial charge in [0.15, 0.2) is 5.16 Å². The summed E-state index contributed by atoms with van der Waals surface area (Å²) in [7, 11) is 1.76. The van der Waals surface area contributed by atoms with Crippen molar-refractivity contribution < 1.29 is 9.72 Å². The highest BCUT2D eigenvalue weighted by atomic mass is 32.2. The van der Waals surface area contributed by atoms with Crippen molar-refractivity contribution in [3.63, 3.8) is 0 Å². The summed E-state index contributed by atoms with van der Waals surface area (Å²) in [6.45, 7) is 0. The second-order valence-electron chi connectivity index (χ2n) is 6.35. The minimum atomic E-state index is -0.491. The van der Waals surface area contributed by atoms with Gasteiger partial charge in [0.1, 0.15) is 6.33 Å². The lowest BCUT2D eigenvalue weighted by Gasteiger charge is -2.26. The highest BCUT2D eigenvalue weighted by Gasteiger charge is 2.23. The van der Waals surface area contributed by atoms with Crippen LogP contribution < -0.4 is 11.1 Å². The molecule has 0 spiro atoms. The Morgan fingerprint density at radius 2 is 2.12 bits per heavy atom. The van der Waals surface area contributed by atoms with E-state index in [9.17, 15) is 14.9 Å². The molecule has 0 saturated heterocycles. The van der Waals surface area contributed by atoms with Crippen LogP contribution in [0.4, 0.5) is 5.69 Å². The summed E-state index contributed by atoms with van der Waals surface area (Å²) in [6.07, 6.45) is 4.92. The van der Waals surface area contributed by atoms with Crippen LogP contribution in [-0.4, -0.2) is 37.7 Å². The van der Waals surface area contributed by atoms with E-state index in [2.05, 4.69) is 15.5 Å². The van der Waals surface area contributed by atoms with Gasteiger partial charge in [0.05, 0.1) is 9.82 Å². The third-order valence-corrected chi connectivity index (χ3v) is 5.51. The van der Waals surface area contributed by atoms with E-state index in [0.717, 1.165) is 37.4 Å². The van der Waals surface area contributed by atoms with E-state index < -0.39 is 4.92 Å². The number of rotatable bonds is 5. The summed E-state index contributed by atoms with van der Waals surface area (Å²) >= 11 is 1.13. The molecule has 0 bridgehead atoms. The van der Waals surface area contributed by atoms with Gasteiger partial charge >= 0.3 is 0 Å². The number of aromatic nitrogens is 3. The summed E-state index contributed by atoms with van der Waals surface area (Å²) in [5.41, 5.74) is 6.02. The Labute approximate surface area is 154 Å². The molecule has 0 aliphatic heterocycles. The van der Waals surface area contributed by atoms with Crippen LogP contribution in [0.15, 0.2) is 34.6 Å². The monoisotopic (exact) mass is 376 g/mol. The smallest absolute Gasteiger partial charge is 0.284 e. The second-order valence-corrected chi connectivity index (χ2v) is 7.36.